The van der Waals surface area contributed by atoms with Gasteiger partial charge in [-0.1, -0.05) is 163 Å². The Morgan fingerprint density at radius 1 is 0.314 bits per heavy atom. The maximum absolute atomic E-state index is 9.95. The van der Waals surface area contributed by atoms with Crippen LogP contribution in [0, 0.1) is 0 Å². The second-order valence-electron chi connectivity index (χ2n) is 11.3. The van der Waals surface area contributed by atoms with E-state index in [-0.39, 0.29) is 0 Å². The minimum atomic E-state index is -1.14. The molecule has 1 heteroatoms. The third kappa shape index (κ3) is 4.16. The summed E-state index contributed by atoms with van der Waals surface area (Å²) in [5.74, 6) is 0. The maximum Gasteiger partial charge on any atom is 0.143 e. The number of benzene rings is 10. The van der Waals surface area contributed by atoms with Crippen LogP contribution in [-0.4, -0.2) is 0 Å². The Kier molecular flexibility index (Phi) is 2.50. The summed E-state index contributed by atoms with van der Waals surface area (Å²) in [6.45, 7) is 0. The first-order valence-corrected chi connectivity index (χ1v) is 15.2. The van der Waals surface area contributed by atoms with Gasteiger partial charge in [0.1, 0.15) is 11.2 Å². The molecule has 51 heavy (non-hydrogen) atoms. The van der Waals surface area contributed by atoms with Crippen LogP contribution >= 0.6 is 0 Å². The molecule has 0 aliphatic rings. The normalized spacial score (nSPS) is 20.2. The molecule has 0 saturated carbocycles. The maximum atomic E-state index is 9.95. The van der Waals surface area contributed by atoms with E-state index in [9.17, 15) is 17.8 Å². The highest BCUT2D eigenvalue weighted by Gasteiger charge is 2.20. The van der Waals surface area contributed by atoms with Gasteiger partial charge in [0.2, 0.25) is 0 Å². The number of rotatable bonds is 3. The van der Waals surface area contributed by atoms with Gasteiger partial charge in [0.05, 0.1) is 41.1 Å². The number of fused-ring (bicyclic) bond motifs is 9. The van der Waals surface area contributed by atoms with Crippen LogP contribution in [0.3, 0.4) is 0 Å². The van der Waals surface area contributed by atoms with Crippen molar-refractivity contribution in [1.29, 1.82) is 0 Å². The first kappa shape index (κ1) is 11.7. The number of hydrogen-bond donors (Lipinski definition) is 0. The third-order valence-corrected chi connectivity index (χ3v) is 8.62. The molecular formula is C50H30O. The highest BCUT2D eigenvalue weighted by Crippen LogP contribution is 2.47. The van der Waals surface area contributed by atoms with E-state index in [0.717, 1.165) is 0 Å². The molecule has 1 heterocycles. The number of hydrogen-bond acceptors (Lipinski definition) is 1. The lowest BCUT2D eigenvalue weighted by Crippen LogP contribution is -1.92. The topological polar surface area (TPSA) is 13.1 Å². The Morgan fingerprint density at radius 3 is 1.53 bits per heavy atom. The van der Waals surface area contributed by atoms with E-state index >= 15 is 0 Å². The lowest BCUT2D eigenvalue weighted by Gasteiger charge is -2.20. The fourth-order valence-corrected chi connectivity index (χ4v) is 6.47. The van der Waals surface area contributed by atoms with Gasteiger partial charge in [-0.2, -0.15) is 0 Å². The van der Waals surface area contributed by atoms with Crippen molar-refractivity contribution in [1.82, 2.24) is 0 Å². The SMILES string of the molecule is [2H]c1c(-c2c3c([2H])c([2H])c([2H])c([2H])c3c(-c3c([2H])c([2H])c(-c4c([2H])c([2H])c([2H])c5c([2H])c([2H])c([2H])c([2H])c45)c4c([2H])c([2H])c([2H])c([2H])c34)c3c([2H])c([2H])c([2H])c([2H])c23)c([2H])c2c(oc3c4c([2H])c([2H])c([2H])c([2H])c4c([2H])c([2H])c32)c1[2H]. The standard InChI is InChI=1S/C50H30O/c1-3-15-34-31(12-1)14-11-23-36(34)39-27-28-44(38-18-6-5-17-37(38)39)49-42-21-9-7-19-40(42)48(41-20-8-10-22-43(41)49)33-25-29-47-46(30-33)45-26-24-32-13-2-4-16-35(32)50(45)51-47/h1-30H/i1D,2D,3D,4D,5D,6D,7D,8D,9D,10D,11D,12D,13D,14D,15D,16D,17D,18D,19D,20D,21D,22D,23D,24D,25D,26D,27D,28D,29D,30D. The van der Waals surface area contributed by atoms with Crippen molar-refractivity contribution in [3.8, 4) is 33.4 Å². The summed E-state index contributed by atoms with van der Waals surface area (Å²) in [4.78, 5) is 0. The second kappa shape index (κ2) is 10.9. The molecule has 1 nitrogen and oxygen atoms in total. The van der Waals surface area contributed by atoms with E-state index in [1.807, 2.05) is 0 Å². The van der Waals surface area contributed by atoms with E-state index < -0.39 is 290 Å². The molecule has 0 fully saturated rings. The van der Waals surface area contributed by atoms with Gasteiger partial charge in [0.25, 0.3) is 0 Å². The van der Waals surface area contributed by atoms with Crippen molar-refractivity contribution < 1.29 is 45.5 Å². The summed E-state index contributed by atoms with van der Waals surface area (Å²) < 4.78 is 279. The smallest absolute Gasteiger partial charge is 0.143 e. The van der Waals surface area contributed by atoms with E-state index in [2.05, 4.69) is 0 Å². The van der Waals surface area contributed by atoms with Crippen molar-refractivity contribution in [2.75, 3.05) is 0 Å². The van der Waals surface area contributed by atoms with Crippen LogP contribution in [0.2, 0.25) is 0 Å². The average Bonchev–Trinajstić information content (AvgIpc) is 3.46. The molecule has 0 aliphatic heterocycles. The molecule has 0 radical (unpaired) electrons. The van der Waals surface area contributed by atoms with E-state index in [1.54, 1.807) is 0 Å². The zero-order chi connectivity index (χ0) is 59.6. The third-order valence-electron chi connectivity index (χ3n) is 8.62. The summed E-state index contributed by atoms with van der Waals surface area (Å²) in [6, 6.07) is -28.6. The Bertz CT molecular complexity index is 4840. The molecular weight excluding hydrogens is 617 g/mol. The fraction of sp³-hybridized carbons (Fsp3) is 0. The van der Waals surface area contributed by atoms with Crippen LogP contribution in [0.4, 0.5) is 0 Å². The summed E-state index contributed by atoms with van der Waals surface area (Å²) in [7, 11) is 0. The molecule has 0 bridgehead atoms. The van der Waals surface area contributed by atoms with Crippen molar-refractivity contribution in [2.45, 2.75) is 0 Å². The van der Waals surface area contributed by atoms with Gasteiger partial charge < -0.3 is 4.42 Å². The van der Waals surface area contributed by atoms with Crippen LogP contribution in [0.1, 0.15) is 41.1 Å². The van der Waals surface area contributed by atoms with Crippen LogP contribution in [0.15, 0.2) is 186 Å². The van der Waals surface area contributed by atoms with Crippen LogP contribution in [0.5, 0.6) is 0 Å². The van der Waals surface area contributed by atoms with E-state index in [1.165, 1.54) is 0 Å². The molecule has 0 saturated heterocycles. The van der Waals surface area contributed by atoms with Crippen molar-refractivity contribution >= 4 is 75.8 Å². The van der Waals surface area contributed by atoms with Gasteiger partial charge in [-0.3, -0.25) is 0 Å². The molecule has 0 spiro atoms. The minimum absolute atomic E-state index is 0.440. The fourth-order valence-electron chi connectivity index (χ4n) is 6.47. The van der Waals surface area contributed by atoms with Gasteiger partial charge >= 0.3 is 0 Å². The first-order valence-electron chi connectivity index (χ1n) is 30.2. The zero-order valence-corrected chi connectivity index (χ0v) is 25.4. The van der Waals surface area contributed by atoms with Gasteiger partial charge in [-0.25, -0.2) is 0 Å². The van der Waals surface area contributed by atoms with Crippen molar-refractivity contribution in [2.24, 2.45) is 0 Å². The quantitative estimate of drug-likeness (QED) is 0.170. The lowest BCUT2D eigenvalue weighted by molar-refractivity contribution is 0.672. The Balaban J connectivity index is 1.44. The summed E-state index contributed by atoms with van der Waals surface area (Å²) >= 11 is 0. The van der Waals surface area contributed by atoms with Gasteiger partial charge in [0, 0.05) is 16.2 Å². The molecule has 0 N–H and O–H groups in total. The summed E-state index contributed by atoms with van der Waals surface area (Å²) in [5, 5.41) is -8.06. The highest BCUT2D eigenvalue weighted by molar-refractivity contribution is 6.25. The molecule has 11 aromatic rings. The van der Waals surface area contributed by atoms with Gasteiger partial charge in [-0.15, -0.1) is 0 Å². The van der Waals surface area contributed by atoms with Gasteiger partial charge in [0.15, 0.2) is 0 Å². The Hall–Kier alpha value is -6.70. The first-order chi connectivity index (χ1) is 37.8. The number of furan rings is 1. The highest BCUT2D eigenvalue weighted by atomic mass is 16.3. The van der Waals surface area contributed by atoms with E-state index in [0.29, 0.717) is 0 Å². The van der Waals surface area contributed by atoms with Crippen LogP contribution < -0.4 is 0 Å². The lowest BCUT2D eigenvalue weighted by atomic mass is 9.83. The average molecular weight is 677 g/mol. The predicted octanol–water partition coefficient (Wildman–Crippen LogP) is 14.4. The molecule has 1 aromatic heterocycles. The zero-order valence-electron chi connectivity index (χ0n) is 55.4. The largest absolute Gasteiger partial charge is 0.455 e. The second-order valence-corrected chi connectivity index (χ2v) is 11.3. The molecule has 0 amide bonds. The molecule has 0 unspecified atom stereocenters. The van der Waals surface area contributed by atoms with Crippen LogP contribution in [-0.2, 0) is 0 Å². The van der Waals surface area contributed by atoms with Crippen molar-refractivity contribution in [3.63, 3.8) is 0 Å². The molecule has 236 valence electrons. The predicted molar refractivity (Wildman–Crippen MR) is 218 cm³/mol. The molecule has 0 atom stereocenters. The van der Waals surface area contributed by atoms with Crippen molar-refractivity contribution in [3.05, 3.63) is 181 Å². The van der Waals surface area contributed by atoms with Crippen LogP contribution in [0.25, 0.3) is 109 Å². The summed E-state index contributed by atoms with van der Waals surface area (Å²) in [6.07, 6.45) is 0. The molecule has 11 rings (SSSR count). The van der Waals surface area contributed by atoms with E-state index in [4.69, 9.17) is 27.7 Å². The monoisotopic (exact) mass is 676 g/mol. The Labute approximate surface area is 336 Å². The molecule has 0 aliphatic carbocycles. The molecule has 10 aromatic carbocycles. The van der Waals surface area contributed by atoms with Gasteiger partial charge in [-0.05, 0) is 100.0 Å². The summed E-state index contributed by atoms with van der Waals surface area (Å²) in [5.41, 5.74) is -5.97. The minimum Gasteiger partial charge on any atom is -0.455 e. The Morgan fingerprint density at radius 2 is 0.824 bits per heavy atom.